The standard InChI is InChI=1S/C31H35N5O2S/c1-5-12-31(13-14-31)19-32-27-11-10-25-28(34-27)39-29-33-24(18-36(25)29)21-8-6-20(7-9-21)15-23(37)16-22-17-26(38-35-22)30(2,3)4/h6-11,17-18H,5,12-16,19H2,1-4H3,(H,32,34). The zero-order chi connectivity index (χ0) is 27.2. The van der Waals surface area contributed by atoms with E-state index in [1.165, 1.54) is 25.7 Å². The van der Waals surface area contributed by atoms with Gasteiger partial charge < -0.3 is 9.84 Å². The molecule has 7 nitrogen and oxygen atoms in total. The lowest BCUT2D eigenvalue weighted by Gasteiger charge is -2.15. The number of nitrogens with one attached hydrogen (secondary N) is 1. The van der Waals surface area contributed by atoms with E-state index in [0.717, 1.165) is 50.3 Å². The highest BCUT2D eigenvalue weighted by atomic mass is 32.1. The van der Waals surface area contributed by atoms with Gasteiger partial charge in [0, 0.05) is 36.2 Å². The molecule has 0 atom stereocenters. The number of aromatic nitrogens is 4. The van der Waals surface area contributed by atoms with Crippen LogP contribution in [-0.4, -0.2) is 31.9 Å². The maximum atomic E-state index is 12.6. The number of anilines is 1. The fraction of sp³-hybridized carbons (Fsp3) is 0.419. The predicted octanol–water partition coefficient (Wildman–Crippen LogP) is 7.24. The van der Waals surface area contributed by atoms with Crippen LogP contribution in [0.4, 0.5) is 5.82 Å². The second-order valence-electron chi connectivity index (χ2n) is 12.0. The molecule has 1 aliphatic rings. The molecular formula is C31H35N5O2S. The normalized spacial score (nSPS) is 14.8. The number of pyridine rings is 1. The van der Waals surface area contributed by atoms with Crippen LogP contribution in [0.2, 0.25) is 0 Å². The van der Waals surface area contributed by atoms with Crippen LogP contribution in [0, 0.1) is 5.41 Å². The molecule has 8 heteroatoms. The lowest BCUT2D eigenvalue weighted by Crippen LogP contribution is -2.15. The summed E-state index contributed by atoms with van der Waals surface area (Å²) >= 11 is 1.61. The molecule has 0 saturated heterocycles. The Morgan fingerprint density at radius 3 is 2.59 bits per heavy atom. The fourth-order valence-electron chi connectivity index (χ4n) is 5.16. The molecule has 1 aromatic carbocycles. The number of nitrogens with zero attached hydrogens (tertiary/aromatic N) is 4. The van der Waals surface area contributed by atoms with Crippen molar-refractivity contribution in [2.24, 2.45) is 5.41 Å². The molecule has 0 amide bonds. The van der Waals surface area contributed by atoms with E-state index >= 15 is 0 Å². The van der Waals surface area contributed by atoms with E-state index in [-0.39, 0.29) is 17.6 Å². The quantitative estimate of drug-likeness (QED) is 0.201. The third-order valence-electron chi connectivity index (χ3n) is 7.67. The van der Waals surface area contributed by atoms with Gasteiger partial charge in [0.05, 0.1) is 23.3 Å². The summed E-state index contributed by atoms with van der Waals surface area (Å²) in [6.45, 7) is 9.47. The van der Waals surface area contributed by atoms with Gasteiger partial charge in [-0.15, -0.1) is 0 Å². The third-order valence-corrected chi connectivity index (χ3v) is 8.63. The molecule has 0 aliphatic heterocycles. The second kappa shape index (κ2) is 9.90. The molecule has 4 aromatic heterocycles. The molecule has 4 heterocycles. The van der Waals surface area contributed by atoms with Crippen LogP contribution in [0.15, 0.2) is 53.2 Å². The van der Waals surface area contributed by atoms with Gasteiger partial charge in [0.25, 0.3) is 0 Å². The Morgan fingerprint density at radius 2 is 1.90 bits per heavy atom. The Morgan fingerprint density at radius 1 is 1.10 bits per heavy atom. The smallest absolute Gasteiger partial charge is 0.196 e. The number of benzene rings is 1. The van der Waals surface area contributed by atoms with E-state index in [2.05, 4.69) is 60.9 Å². The van der Waals surface area contributed by atoms with E-state index in [1.807, 2.05) is 30.3 Å². The highest BCUT2D eigenvalue weighted by Crippen LogP contribution is 2.49. The SMILES string of the molecule is CCCC1(CNc2ccc3c(n2)sc2nc(-c4ccc(CC(=O)Cc5cc(C(C)(C)C)on5)cc4)cn23)CC1. The van der Waals surface area contributed by atoms with E-state index in [9.17, 15) is 4.79 Å². The van der Waals surface area contributed by atoms with Crippen LogP contribution < -0.4 is 5.32 Å². The molecule has 6 rings (SSSR count). The topological polar surface area (TPSA) is 85.3 Å². The average molecular weight is 542 g/mol. The van der Waals surface area contributed by atoms with Gasteiger partial charge in [-0.2, -0.15) is 0 Å². The number of carbonyl (C=O) groups excluding carboxylic acids is 1. The first kappa shape index (κ1) is 25.7. The maximum absolute atomic E-state index is 12.6. The van der Waals surface area contributed by atoms with Gasteiger partial charge in [-0.3, -0.25) is 9.20 Å². The first-order valence-electron chi connectivity index (χ1n) is 13.8. The lowest BCUT2D eigenvalue weighted by atomic mass is 9.93. The number of carbonyl (C=O) groups is 1. The number of thiazole rings is 1. The molecular weight excluding hydrogens is 506 g/mol. The lowest BCUT2D eigenvalue weighted by molar-refractivity contribution is -0.117. The van der Waals surface area contributed by atoms with Gasteiger partial charge >= 0.3 is 0 Å². The van der Waals surface area contributed by atoms with Crippen LogP contribution in [-0.2, 0) is 23.1 Å². The summed E-state index contributed by atoms with van der Waals surface area (Å²) in [5.41, 5.74) is 5.04. The molecule has 202 valence electrons. The van der Waals surface area contributed by atoms with Crippen molar-refractivity contribution in [3.05, 3.63) is 65.7 Å². The average Bonchev–Trinajstić information content (AvgIpc) is 3.19. The van der Waals surface area contributed by atoms with Crippen LogP contribution in [0.25, 0.3) is 26.6 Å². The Hall–Kier alpha value is -3.52. The Bertz CT molecular complexity index is 1630. The molecule has 1 N–H and O–H groups in total. The summed E-state index contributed by atoms with van der Waals surface area (Å²) in [5, 5.41) is 7.65. The number of fused-ring (bicyclic) bond motifs is 3. The molecule has 0 unspecified atom stereocenters. The largest absolute Gasteiger partial charge is 0.369 e. The van der Waals surface area contributed by atoms with Crippen molar-refractivity contribution >= 4 is 38.2 Å². The molecule has 0 bridgehead atoms. The van der Waals surface area contributed by atoms with E-state index < -0.39 is 0 Å². The van der Waals surface area contributed by atoms with Gasteiger partial charge in [0.15, 0.2) is 4.96 Å². The Labute approximate surface area is 232 Å². The van der Waals surface area contributed by atoms with Crippen molar-refractivity contribution in [3.63, 3.8) is 0 Å². The number of hydrogen-bond donors (Lipinski definition) is 1. The highest BCUT2D eigenvalue weighted by Gasteiger charge is 2.41. The van der Waals surface area contributed by atoms with Crippen LogP contribution in [0.5, 0.6) is 0 Å². The van der Waals surface area contributed by atoms with Crippen LogP contribution in [0.1, 0.15) is 70.4 Å². The maximum Gasteiger partial charge on any atom is 0.196 e. The zero-order valence-corrected chi connectivity index (χ0v) is 23.9. The number of imidazole rings is 1. The van der Waals surface area contributed by atoms with Crippen LogP contribution in [0.3, 0.4) is 0 Å². The minimum atomic E-state index is -0.123. The molecule has 39 heavy (non-hydrogen) atoms. The molecule has 1 saturated carbocycles. The minimum absolute atomic E-state index is 0.115. The fourth-order valence-corrected chi connectivity index (χ4v) is 6.14. The number of hydrogen-bond acceptors (Lipinski definition) is 7. The number of ketones is 1. The molecule has 0 spiro atoms. The second-order valence-corrected chi connectivity index (χ2v) is 13.0. The number of rotatable bonds is 10. The molecule has 5 aromatic rings. The molecule has 1 aliphatic carbocycles. The number of Topliss-reactive ketones (excluding diaryl/α,β-unsaturated/α-hetero) is 1. The molecule has 1 fully saturated rings. The third kappa shape index (κ3) is 5.48. The molecule has 0 radical (unpaired) electrons. The first-order valence-corrected chi connectivity index (χ1v) is 14.6. The van der Waals surface area contributed by atoms with Gasteiger partial charge in [-0.25, -0.2) is 9.97 Å². The van der Waals surface area contributed by atoms with Gasteiger partial charge in [-0.1, -0.05) is 74.9 Å². The first-order chi connectivity index (χ1) is 18.7. The minimum Gasteiger partial charge on any atom is -0.369 e. The summed E-state index contributed by atoms with van der Waals surface area (Å²) < 4.78 is 7.53. The Kier molecular flexibility index (Phi) is 6.53. The highest BCUT2D eigenvalue weighted by molar-refractivity contribution is 7.23. The van der Waals surface area contributed by atoms with Crippen LogP contribution >= 0.6 is 11.3 Å². The Balaban J connectivity index is 1.11. The predicted molar refractivity (Wildman–Crippen MR) is 156 cm³/mol. The summed E-state index contributed by atoms with van der Waals surface area (Å²) in [6.07, 6.45) is 7.88. The van der Waals surface area contributed by atoms with E-state index in [4.69, 9.17) is 14.5 Å². The van der Waals surface area contributed by atoms with Crippen molar-refractivity contribution in [1.29, 1.82) is 0 Å². The van der Waals surface area contributed by atoms with Gasteiger partial charge in [0.1, 0.15) is 22.2 Å². The van der Waals surface area contributed by atoms with Crippen molar-refractivity contribution in [1.82, 2.24) is 19.5 Å². The van der Waals surface area contributed by atoms with Crippen molar-refractivity contribution in [2.75, 3.05) is 11.9 Å². The summed E-state index contributed by atoms with van der Waals surface area (Å²) in [6, 6.07) is 14.2. The van der Waals surface area contributed by atoms with E-state index in [0.29, 0.717) is 17.5 Å². The van der Waals surface area contributed by atoms with Crippen molar-refractivity contribution < 1.29 is 9.32 Å². The van der Waals surface area contributed by atoms with Crippen molar-refractivity contribution in [2.45, 2.75) is 71.6 Å². The van der Waals surface area contributed by atoms with E-state index in [1.54, 1.807) is 11.3 Å². The van der Waals surface area contributed by atoms with Gasteiger partial charge in [-0.05, 0) is 42.4 Å². The van der Waals surface area contributed by atoms with Crippen molar-refractivity contribution in [3.8, 4) is 11.3 Å². The zero-order valence-electron chi connectivity index (χ0n) is 23.1. The summed E-state index contributed by atoms with van der Waals surface area (Å²) in [5.74, 6) is 1.85. The van der Waals surface area contributed by atoms with Gasteiger partial charge in [0.2, 0.25) is 0 Å². The summed E-state index contributed by atoms with van der Waals surface area (Å²) in [7, 11) is 0. The summed E-state index contributed by atoms with van der Waals surface area (Å²) in [4.78, 5) is 24.3. The monoisotopic (exact) mass is 541 g/mol.